The molecule has 2 nitrogen and oxygen atoms in total. The van der Waals surface area contributed by atoms with Crippen LogP contribution in [-0.2, 0) is 0 Å². The lowest BCUT2D eigenvalue weighted by Crippen LogP contribution is -2.34. The van der Waals surface area contributed by atoms with E-state index in [9.17, 15) is 0 Å². The molecule has 0 bridgehead atoms. The molecule has 0 aromatic heterocycles. The second-order valence-electron chi connectivity index (χ2n) is 7.87. The fourth-order valence-electron chi connectivity index (χ4n) is 2.97. The summed E-state index contributed by atoms with van der Waals surface area (Å²) in [6.45, 7) is 12.6. The Morgan fingerprint density at radius 3 is 2.47 bits per heavy atom. The van der Waals surface area contributed by atoms with Crippen molar-refractivity contribution in [3.63, 3.8) is 0 Å². The minimum atomic E-state index is 0.344. The third-order valence-electron chi connectivity index (χ3n) is 3.79. The Morgan fingerprint density at radius 1 is 1.35 bits per heavy atom. The standard InChI is InChI=1S/C15H32N2/c1-14(2,3)10-12(16)7-9-17-13-6-8-15(4,5)11-13/h12-13,17H,6-11,16H2,1-5H3. The number of rotatable bonds is 5. The molecule has 1 saturated carbocycles. The fourth-order valence-corrected chi connectivity index (χ4v) is 2.97. The van der Waals surface area contributed by atoms with Crippen molar-refractivity contribution in [3.05, 3.63) is 0 Å². The summed E-state index contributed by atoms with van der Waals surface area (Å²) >= 11 is 0. The van der Waals surface area contributed by atoms with E-state index < -0.39 is 0 Å². The summed E-state index contributed by atoms with van der Waals surface area (Å²) in [6, 6.07) is 1.07. The van der Waals surface area contributed by atoms with Crippen molar-refractivity contribution in [1.82, 2.24) is 5.32 Å². The quantitative estimate of drug-likeness (QED) is 0.774. The largest absolute Gasteiger partial charge is 0.328 e. The number of hydrogen-bond acceptors (Lipinski definition) is 2. The van der Waals surface area contributed by atoms with Gasteiger partial charge in [0.25, 0.3) is 0 Å². The van der Waals surface area contributed by atoms with Gasteiger partial charge in [-0.05, 0) is 49.5 Å². The van der Waals surface area contributed by atoms with Gasteiger partial charge in [0, 0.05) is 12.1 Å². The Balaban J connectivity index is 2.12. The van der Waals surface area contributed by atoms with Crippen LogP contribution in [-0.4, -0.2) is 18.6 Å². The summed E-state index contributed by atoms with van der Waals surface area (Å²) in [5, 5.41) is 3.67. The first-order valence-electron chi connectivity index (χ1n) is 7.17. The molecule has 0 heterocycles. The minimum Gasteiger partial charge on any atom is -0.328 e. The average molecular weight is 240 g/mol. The first-order chi connectivity index (χ1) is 7.68. The second kappa shape index (κ2) is 5.71. The Kier molecular flexibility index (Phi) is 5.03. The van der Waals surface area contributed by atoms with Crippen molar-refractivity contribution in [2.75, 3.05) is 6.54 Å². The van der Waals surface area contributed by atoms with Gasteiger partial charge in [0.2, 0.25) is 0 Å². The molecule has 17 heavy (non-hydrogen) atoms. The summed E-state index contributed by atoms with van der Waals surface area (Å²) in [5.74, 6) is 0. The minimum absolute atomic E-state index is 0.344. The normalized spacial score (nSPS) is 26.1. The molecule has 102 valence electrons. The van der Waals surface area contributed by atoms with E-state index in [-0.39, 0.29) is 0 Å². The number of nitrogens with one attached hydrogen (secondary N) is 1. The summed E-state index contributed by atoms with van der Waals surface area (Å²) in [7, 11) is 0. The van der Waals surface area contributed by atoms with E-state index in [1.165, 1.54) is 19.3 Å². The maximum absolute atomic E-state index is 6.16. The van der Waals surface area contributed by atoms with Crippen LogP contribution in [0, 0.1) is 10.8 Å². The predicted octanol–water partition coefficient (Wildman–Crippen LogP) is 3.31. The molecule has 0 saturated heterocycles. The lowest BCUT2D eigenvalue weighted by atomic mass is 9.87. The van der Waals surface area contributed by atoms with Gasteiger partial charge in [-0.25, -0.2) is 0 Å². The first kappa shape index (κ1) is 15.0. The van der Waals surface area contributed by atoms with Gasteiger partial charge in [-0.3, -0.25) is 0 Å². The van der Waals surface area contributed by atoms with Crippen LogP contribution < -0.4 is 11.1 Å². The molecule has 0 radical (unpaired) electrons. The Labute approximate surface area is 108 Å². The molecule has 0 aromatic carbocycles. The molecule has 2 unspecified atom stereocenters. The maximum atomic E-state index is 6.16. The molecule has 1 fully saturated rings. The molecule has 0 spiro atoms. The maximum Gasteiger partial charge on any atom is 0.00723 e. The van der Waals surface area contributed by atoms with Crippen molar-refractivity contribution in [2.45, 2.75) is 78.8 Å². The van der Waals surface area contributed by atoms with Crippen molar-refractivity contribution < 1.29 is 0 Å². The molecular formula is C15H32N2. The summed E-state index contributed by atoms with van der Waals surface area (Å²) in [6.07, 6.45) is 6.24. The molecule has 0 aromatic rings. The first-order valence-corrected chi connectivity index (χ1v) is 7.17. The zero-order valence-electron chi connectivity index (χ0n) is 12.5. The average Bonchev–Trinajstić information content (AvgIpc) is 2.42. The van der Waals surface area contributed by atoms with Crippen LogP contribution in [0.3, 0.4) is 0 Å². The van der Waals surface area contributed by atoms with E-state index in [0.717, 1.165) is 25.4 Å². The van der Waals surface area contributed by atoms with E-state index in [0.29, 0.717) is 16.9 Å². The molecule has 0 aliphatic heterocycles. The number of hydrogen-bond donors (Lipinski definition) is 2. The predicted molar refractivity (Wildman–Crippen MR) is 76.1 cm³/mol. The van der Waals surface area contributed by atoms with Crippen LogP contribution >= 0.6 is 0 Å². The van der Waals surface area contributed by atoms with Crippen LogP contribution in [0.25, 0.3) is 0 Å². The van der Waals surface area contributed by atoms with Crippen molar-refractivity contribution in [2.24, 2.45) is 16.6 Å². The van der Waals surface area contributed by atoms with E-state index >= 15 is 0 Å². The highest BCUT2D eigenvalue weighted by Gasteiger charge is 2.30. The van der Waals surface area contributed by atoms with Crippen LogP contribution in [0.15, 0.2) is 0 Å². The zero-order chi connectivity index (χ0) is 13.1. The van der Waals surface area contributed by atoms with Crippen molar-refractivity contribution in [1.29, 1.82) is 0 Å². The lowest BCUT2D eigenvalue weighted by Gasteiger charge is -2.24. The Morgan fingerprint density at radius 2 is 2.00 bits per heavy atom. The highest BCUT2D eigenvalue weighted by Crippen LogP contribution is 2.36. The number of nitrogens with two attached hydrogens (primary N) is 1. The van der Waals surface area contributed by atoms with Gasteiger partial charge in [-0.1, -0.05) is 34.6 Å². The van der Waals surface area contributed by atoms with Gasteiger partial charge < -0.3 is 11.1 Å². The molecule has 1 aliphatic rings. The van der Waals surface area contributed by atoms with Crippen LogP contribution in [0.1, 0.15) is 66.7 Å². The molecule has 2 heteroatoms. The van der Waals surface area contributed by atoms with Crippen LogP contribution in [0.5, 0.6) is 0 Å². The van der Waals surface area contributed by atoms with Crippen molar-refractivity contribution in [3.8, 4) is 0 Å². The fraction of sp³-hybridized carbons (Fsp3) is 1.00. The second-order valence-corrected chi connectivity index (χ2v) is 7.87. The van der Waals surface area contributed by atoms with E-state index in [4.69, 9.17) is 5.73 Å². The Bertz CT molecular complexity index is 228. The molecule has 3 N–H and O–H groups in total. The van der Waals surface area contributed by atoms with Crippen LogP contribution in [0.4, 0.5) is 0 Å². The molecule has 2 atom stereocenters. The van der Waals surface area contributed by atoms with Gasteiger partial charge in [-0.2, -0.15) is 0 Å². The third kappa shape index (κ3) is 6.42. The highest BCUT2D eigenvalue weighted by molar-refractivity contribution is 4.86. The van der Waals surface area contributed by atoms with Gasteiger partial charge in [0.15, 0.2) is 0 Å². The van der Waals surface area contributed by atoms with Gasteiger partial charge >= 0.3 is 0 Å². The molecule has 1 rings (SSSR count). The van der Waals surface area contributed by atoms with E-state index in [2.05, 4.69) is 39.9 Å². The SMILES string of the molecule is CC(C)(C)CC(N)CCNC1CCC(C)(C)C1. The summed E-state index contributed by atoms with van der Waals surface area (Å²) < 4.78 is 0. The van der Waals surface area contributed by atoms with E-state index in [1.54, 1.807) is 0 Å². The van der Waals surface area contributed by atoms with Gasteiger partial charge in [-0.15, -0.1) is 0 Å². The summed E-state index contributed by atoms with van der Waals surface area (Å²) in [5.41, 5.74) is 7.06. The molecular weight excluding hydrogens is 208 g/mol. The smallest absolute Gasteiger partial charge is 0.00723 e. The topological polar surface area (TPSA) is 38.0 Å². The van der Waals surface area contributed by atoms with Gasteiger partial charge in [0.05, 0.1) is 0 Å². The highest BCUT2D eigenvalue weighted by atomic mass is 14.9. The third-order valence-corrected chi connectivity index (χ3v) is 3.79. The van der Waals surface area contributed by atoms with E-state index in [1.807, 2.05) is 0 Å². The summed E-state index contributed by atoms with van der Waals surface area (Å²) in [4.78, 5) is 0. The molecule has 1 aliphatic carbocycles. The lowest BCUT2D eigenvalue weighted by molar-refractivity contribution is 0.323. The van der Waals surface area contributed by atoms with Crippen LogP contribution in [0.2, 0.25) is 0 Å². The zero-order valence-corrected chi connectivity index (χ0v) is 12.5. The Hall–Kier alpha value is -0.0800. The monoisotopic (exact) mass is 240 g/mol. The van der Waals surface area contributed by atoms with Crippen molar-refractivity contribution >= 4 is 0 Å². The van der Waals surface area contributed by atoms with Gasteiger partial charge in [0.1, 0.15) is 0 Å². The molecule has 0 amide bonds.